The molecule has 0 saturated heterocycles. The van der Waals surface area contributed by atoms with E-state index in [0.29, 0.717) is 11.3 Å². The molecule has 0 rings (SSSR count). The summed E-state index contributed by atoms with van der Waals surface area (Å²) in [5.74, 6) is 5.44. The minimum atomic E-state index is -0.184. The highest BCUT2D eigenvalue weighted by molar-refractivity contribution is 5.98. The van der Waals surface area contributed by atoms with E-state index in [-0.39, 0.29) is 5.91 Å². The highest BCUT2D eigenvalue weighted by Gasteiger charge is 2.03. The zero-order chi connectivity index (χ0) is 14.3. The van der Waals surface area contributed by atoms with Crippen molar-refractivity contribution in [1.82, 2.24) is 5.32 Å². The van der Waals surface area contributed by atoms with Crippen LogP contribution in [0.4, 0.5) is 0 Å². The largest absolute Gasteiger partial charge is 0.326 e. The monoisotopic (exact) mass is 237 g/mol. The van der Waals surface area contributed by atoms with Crippen molar-refractivity contribution < 1.29 is 4.79 Å². The molecule has 0 atom stereocenters. The highest BCUT2D eigenvalue weighted by atomic mass is 16.1. The van der Waals surface area contributed by atoms with E-state index >= 15 is 0 Å². The van der Waals surface area contributed by atoms with Crippen molar-refractivity contribution in [3.05, 3.63) is 23.9 Å². The predicted molar refractivity (Wildman–Crippen MR) is 77.5 cm³/mol. The fourth-order valence-electron chi connectivity index (χ4n) is 0.705. The van der Waals surface area contributed by atoms with Gasteiger partial charge in [-0.15, -0.1) is 0 Å². The summed E-state index contributed by atoms with van der Waals surface area (Å²) in [5.41, 5.74) is 1.12. The van der Waals surface area contributed by atoms with Crippen molar-refractivity contribution >= 4 is 5.91 Å². The van der Waals surface area contributed by atoms with E-state index in [1.54, 1.807) is 19.9 Å². The lowest BCUT2D eigenvalue weighted by Crippen LogP contribution is -2.21. The molecule has 0 aliphatic rings. The molecule has 0 saturated carbocycles. The maximum absolute atomic E-state index is 11.3. The third-order valence-electron chi connectivity index (χ3n) is 1.26. The number of carbonyl (C=O) groups excluding carboxylic acids is 1. The fraction of sp³-hybridized carbons (Fsp3) is 0.533. The molecular weight excluding hydrogens is 210 g/mol. The molecule has 0 aliphatic carbocycles. The molecular formula is C15H27NO. The number of rotatable bonds is 2. The Bertz CT molecular complexity index is 290. The molecule has 0 spiro atoms. The van der Waals surface area contributed by atoms with E-state index in [1.807, 2.05) is 34.6 Å². The molecule has 0 heterocycles. The molecule has 0 aromatic rings. The van der Waals surface area contributed by atoms with E-state index in [0.717, 1.165) is 6.42 Å². The second-order valence-electron chi connectivity index (χ2n) is 2.59. The fourth-order valence-corrected chi connectivity index (χ4v) is 0.705. The molecule has 1 amide bonds. The van der Waals surface area contributed by atoms with E-state index < -0.39 is 0 Å². The summed E-state index contributed by atoms with van der Waals surface area (Å²) < 4.78 is 0. The quantitative estimate of drug-likeness (QED) is 0.570. The van der Waals surface area contributed by atoms with E-state index in [4.69, 9.17) is 0 Å². The molecule has 17 heavy (non-hydrogen) atoms. The van der Waals surface area contributed by atoms with Gasteiger partial charge < -0.3 is 5.32 Å². The minimum Gasteiger partial charge on any atom is -0.326 e. The van der Waals surface area contributed by atoms with Gasteiger partial charge in [0.25, 0.3) is 5.91 Å². The first-order valence-corrected chi connectivity index (χ1v) is 6.23. The van der Waals surface area contributed by atoms with Crippen molar-refractivity contribution in [3.63, 3.8) is 0 Å². The number of hydrogen-bond acceptors (Lipinski definition) is 1. The number of carbonyl (C=O) groups is 1. The third kappa shape index (κ3) is 14.5. The summed E-state index contributed by atoms with van der Waals surface area (Å²) in [4.78, 5) is 11.3. The highest BCUT2D eigenvalue weighted by Crippen LogP contribution is 1.94. The molecule has 1 N–H and O–H groups in total. The molecule has 98 valence electrons. The smallest absolute Gasteiger partial charge is 0.263 e. The number of amides is 1. The summed E-state index contributed by atoms with van der Waals surface area (Å²) in [6.45, 7) is 17.1. The van der Waals surface area contributed by atoms with Gasteiger partial charge in [0, 0.05) is 12.1 Å². The maximum atomic E-state index is 11.3. The Morgan fingerprint density at radius 1 is 1.29 bits per heavy atom. The molecule has 0 radical (unpaired) electrons. The first-order valence-electron chi connectivity index (χ1n) is 6.23. The molecule has 0 aromatic carbocycles. The van der Waals surface area contributed by atoms with Crippen LogP contribution in [0.25, 0.3) is 0 Å². The van der Waals surface area contributed by atoms with Crippen molar-refractivity contribution in [2.45, 2.75) is 54.9 Å². The lowest BCUT2D eigenvalue weighted by molar-refractivity contribution is -0.116. The molecule has 0 fully saturated rings. The first kappa shape index (κ1) is 20.9. The lowest BCUT2D eigenvalue weighted by Gasteiger charge is -2.01. The average molecular weight is 237 g/mol. The predicted octanol–water partition coefficient (Wildman–Crippen LogP) is 4.05. The topological polar surface area (TPSA) is 29.1 Å². The van der Waals surface area contributed by atoms with Crippen LogP contribution in [0, 0.1) is 11.8 Å². The standard InChI is InChI=1S/C11H15NO.2C2H6/c1-5-7-8-10(6-2)11(13)12-9(3)4;2*1-2/h6H,3,5H2,1-2,4H3,(H,12,13);2*1-2H3/b10-6-;;. The van der Waals surface area contributed by atoms with Crippen LogP contribution in [0.1, 0.15) is 54.9 Å². The summed E-state index contributed by atoms with van der Waals surface area (Å²) in [5, 5.41) is 2.60. The van der Waals surface area contributed by atoms with Crippen LogP contribution < -0.4 is 5.32 Å². The lowest BCUT2D eigenvalue weighted by atomic mass is 10.2. The van der Waals surface area contributed by atoms with Crippen LogP contribution in [0.2, 0.25) is 0 Å². The number of nitrogens with one attached hydrogen (secondary N) is 1. The Morgan fingerprint density at radius 2 is 1.76 bits per heavy atom. The maximum Gasteiger partial charge on any atom is 0.263 e. The van der Waals surface area contributed by atoms with E-state index in [2.05, 4.69) is 23.7 Å². The van der Waals surface area contributed by atoms with Gasteiger partial charge in [0.15, 0.2) is 0 Å². The Morgan fingerprint density at radius 3 is 2.06 bits per heavy atom. The zero-order valence-electron chi connectivity index (χ0n) is 12.4. The normalized spacial score (nSPS) is 8.29. The Hall–Kier alpha value is -1.49. The van der Waals surface area contributed by atoms with E-state index in [9.17, 15) is 4.79 Å². The van der Waals surface area contributed by atoms with Gasteiger partial charge in [-0.05, 0) is 13.8 Å². The molecule has 0 aromatic heterocycles. The zero-order valence-corrected chi connectivity index (χ0v) is 12.4. The van der Waals surface area contributed by atoms with Crippen molar-refractivity contribution in [3.8, 4) is 11.8 Å². The summed E-state index contributed by atoms with van der Waals surface area (Å²) in [6.07, 6.45) is 2.44. The summed E-state index contributed by atoms with van der Waals surface area (Å²) in [7, 11) is 0. The molecule has 0 bridgehead atoms. The second kappa shape index (κ2) is 16.9. The Labute approximate surface area is 107 Å². The second-order valence-corrected chi connectivity index (χ2v) is 2.59. The van der Waals surface area contributed by atoms with Gasteiger partial charge in [-0.3, -0.25) is 4.79 Å². The van der Waals surface area contributed by atoms with Gasteiger partial charge in [0.2, 0.25) is 0 Å². The summed E-state index contributed by atoms with van der Waals surface area (Å²) in [6, 6.07) is 0. The minimum absolute atomic E-state index is 0.184. The SMILES string of the molecule is C=C(C)NC(=O)/C(C#CCC)=C\C.CC.CC. The third-order valence-corrected chi connectivity index (χ3v) is 1.26. The number of allylic oxidation sites excluding steroid dienone is 2. The van der Waals surface area contributed by atoms with Gasteiger partial charge in [0.05, 0.1) is 5.57 Å². The molecule has 2 heteroatoms. The van der Waals surface area contributed by atoms with Gasteiger partial charge >= 0.3 is 0 Å². The van der Waals surface area contributed by atoms with Crippen molar-refractivity contribution in [1.29, 1.82) is 0 Å². The van der Waals surface area contributed by atoms with E-state index in [1.165, 1.54) is 0 Å². The van der Waals surface area contributed by atoms with Crippen molar-refractivity contribution in [2.24, 2.45) is 0 Å². The average Bonchev–Trinajstić information content (AvgIpc) is 2.34. The number of hydrogen-bond donors (Lipinski definition) is 1. The van der Waals surface area contributed by atoms with Gasteiger partial charge in [-0.1, -0.05) is 59.1 Å². The molecule has 2 nitrogen and oxygen atoms in total. The van der Waals surface area contributed by atoms with Crippen molar-refractivity contribution in [2.75, 3.05) is 0 Å². The summed E-state index contributed by atoms with van der Waals surface area (Å²) >= 11 is 0. The van der Waals surface area contributed by atoms with Gasteiger partial charge in [-0.25, -0.2) is 0 Å². The van der Waals surface area contributed by atoms with Crippen LogP contribution in [-0.2, 0) is 4.79 Å². The van der Waals surface area contributed by atoms with Crippen LogP contribution in [-0.4, -0.2) is 5.91 Å². The molecule has 0 aliphatic heterocycles. The first-order chi connectivity index (χ1) is 8.11. The van der Waals surface area contributed by atoms with Gasteiger partial charge in [-0.2, -0.15) is 0 Å². The Balaban J connectivity index is -0.000000439. The molecule has 0 unspecified atom stereocenters. The van der Waals surface area contributed by atoms with Crippen LogP contribution >= 0.6 is 0 Å². The van der Waals surface area contributed by atoms with Crippen LogP contribution in [0.3, 0.4) is 0 Å². The van der Waals surface area contributed by atoms with Gasteiger partial charge in [0.1, 0.15) is 0 Å². The van der Waals surface area contributed by atoms with Crippen LogP contribution in [0.15, 0.2) is 23.9 Å². The Kier molecular flexibility index (Phi) is 20.8. The van der Waals surface area contributed by atoms with Crippen LogP contribution in [0.5, 0.6) is 0 Å².